The minimum atomic E-state index is -1.02. The first-order valence-electron chi connectivity index (χ1n) is 11.7. The van der Waals surface area contributed by atoms with E-state index < -0.39 is 23.8 Å². The number of carbonyl (C=O) groups is 4. The molecule has 2 aromatic carbocycles. The normalized spacial score (nSPS) is 12.2. The van der Waals surface area contributed by atoms with Crippen LogP contribution in [-0.2, 0) is 27.2 Å². The van der Waals surface area contributed by atoms with Gasteiger partial charge in [0.1, 0.15) is 10.8 Å². The summed E-state index contributed by atoms with van der Waals surface area (Å²) in [5, 5.41) is 6.63. The first-order valence-corrected chi connectivity index (χ1v) is 12.5. The number of aryl methyl sites for hydroxylation is 2. The topological polar surface area (TPSA) is 123 Å². The molecule has 10 heteroatoms. The maximum absolute atomic E-state index is 12.5. The van der Waals surface area contributed by atoms with E-state index in [2.05, 4.69) is 15.8 Å². The standard InChI is InChI=1S/C27H25N3O6S/c1-3-35-27(34)22-19-11-7-13-21(19)37-25(22)29-23(31)24(32)30-28-15-18-9-4-5-12-20(18)36-26(33)17-10-6-8-16(2)14-17/h4-6,8-10,12,14-15H,3,7,11,13H2,1-2H3,(H,29,31)(H,30,32)/b28-15+. The highest BCUT2D eigenvalue weighted by molar-refractivity contribution is 7.17. The van der Waals surface area contributed by atoms with Gasteiger partial charge in [-0.15, -0.1) is 11.3 Å². The Bertz CT molecular complexity index is 1390. The highest BCUT2D eigenvalue weighted by Crippen LogP contribution is 2.39. The maximum Gasteiger partial charge on any atom is 0.343 e. The first kappa shape index (κ1) is 25.8. The van der Waals surface area contributed by atoms with Crippen LogP contribution in [0.25, 0.3) is 0 Å². The summed E-state index contributed by atoms with van der Waals surface area (Å²) < 4.78 is 10.6. The number of amides is 2. The van der Waals surface area contributed by atoms with Gasteiger partial charge in [0.25, 0.3) is 0 Å². The molecule has 0 radical (unpaired) electrons. The third-order valence-corrected chi connectivity index (χ3v) is 6.79. The highest BCUT2D eigenvalue weighted by atomic mass is 32.1. The van der Waals surface area contributed by atoms with Crippen LogP contribution < -0.4 is 15.5 Å². The van der Waals surface area contributed by atoms with Crippen LogP contribution in [0.5, 0.6) is 5.75 Å². The van der Waals surface area contributed by atoms with E-state index in [1.807, 2.05) is 13.0 Å². The van der Waals surface area contributed by atoms with Crippen LogP contribution in [0.1, 0.15) is 55.6 Å². The molecule has 9 nitrogen and oxygen atoms in total. The van der Waals surface area contributed by atoms with Gasteiger partial charge in [0, 0.05) is 10.4 Å². The molecule has 1 aromatic heterocycles. The number of hydrogen-bond donors (Lipinski definition) is 2. The Morgan fingerprint density at radius 1 is 1.03 bits per heavy atom. The molecule has 0 saturated heterocycles. The van der Waals surface area contributed by atoms with Gasteiger partial charge >= 0.3 is 23.8 Å². The van der Waals surface area contributed by atoms with Crippen molar-refractivity contribution in [2.45, 2.75) is 33.1 Å². The minimum absolute atomic E-state index is 0.202. The van der Waals surface area contributed by atoms with E-state index in [0.717, 1.165) is 35.3 Å². The lowest BCUT2D eigenvalue weighted by molar-refractivity contribution is -0.136. The number of ether oxygens (including phenoxy) is 2. The second-order valence-electron chi connectivity index (χ2n) is 8.23. The Labute approximate surface area is 217 Å². The summed E-state index contributed by atoms with van der Waals surface area (Å²) in [5.41, 5.74) is 5.09. The number of nitrogens with zero attached hydrogens (tertiary/aromatic N) is 1. The Hall–Kier alpha value is -4.31. The number of nitrogens with one attached hydrogen (secondary N) is 2. The van der Waals surface area contributed by atoms with Crippen molar-refractivity contribution in [2.24, 2.45) is 5.10 Å². The largest absolute Gasteiger partial charge is 0.462 e. The fourth-order valence-electron chi connectivity index (χ4n) is 3.89. The number of carbonyl (C=O) groups excluding carboxylic acids is 4. The summed E-state index contributed by atoms with van der Waals surface area (Å²) in [7, 11) is 0. The van der Waals surface area contributed by atoms with Gasteiger partial charge in [-0.3, -0.25) is 9.59 Å². The van der Waals surface area contributed by atoms with Crippen LogP contribution in [0.4, 0.5) is 5.00 Å². The van der Waals surface area contributed by atoms with Crippen molar-refractivity contribution in [3.05, 3.63) is 81.2 Å². The average molecular weight is 520 g/mol. The molecule has 0 spiro atoms. The van der Waals surface area contributed by atoms with Crippen molar-refractivity contribution < 1.29 is 28.7 Å². The van der Waals surface area contributed by atoms with Crippen molar-refractivity contribution in [3.8, 4) is 5.75 Å². The number of benzene rings is 2. The number of anilines is 1. The lowest BCUT2D eigenvalue weighted by Crippen LogP contribution is -2.32. The van der Waals surface area contributed by atoms with Gasteiger partial charge in [0.2, 0.25) is 0 Å². The van der Waals surface area contributed by atoms with Gasteiger partial charge in [0.05, 0.1) is 23.9 Å². The third kappa shape index (κ3) is 6.10. The summed E-state index contributed by atoms with van der Waals surface area (Å²) in [6.07, 6.45) is 3.74. The second kappa shape index (κ2) is 11.6. The molecule has 0 fully saturated rings. The molecule has 4 rings (SSSR count). The van der Waals surface area contributed by atoms with Crippen molar-refractivity contribution in [2.75, 3.05) is 11.9 Å². The molecule has 1 aliphatic rings. The Balaban J connectivity index is 1.41. The summed E-state index contributed by atoms with van der Waals surface area (Å²) in [5.74, 6) is -2.81. The molecule has 2 amide bonds. The smallest absolute Gasteiger partial charge is 0.343 e. The minimum Gasteiger partial charge on any atom is -0.462 e. The second-order valence-corrected chi connectivity index (χ2v) is 9.34. The maximum atomic E-state index is 12.5. The summed E-state index contributed by atoms with van der Waals surface area (Å²) in [6, 6.07) is 13.7. The van der Waals surface area contributed by atoms with Crippen molar-refractivity contribution >= 4 is 46.3 Å². The molecular weight excluding hydrogens is 494 g/mol. The highest BCUT2D eigenvalue weighted by Gasteiger charge is 2.29. The summed E-state index contributed by atoms with van der Waals surface area (Å²) in [6.45, 7) is 3.78. The van der Waals surface area contributed by atoms with Crippen molar-refractivity contribution in [1.82, 2.24) is 5.43 Å². The third-order valence-electron chi connectivity index (χ3n) is 5.58. The van der Waals surface area contributed by atoms with Crippen LogP contribution in [0, 0.1) is 6.92 Å². The van der Waals surface area contributed by atoms with Gasteiger partial charge in [-0.25, -0.2) is 15.0 Å². The molecule has 3 aromatic rings. The molecule has 37 heavy (non-hydrogen) atoms. The summed E-state index contributed by atoms with van der Waals surface area (Å²) in [4.78, 5) is 50.8. The molecular formula is C27H25N3O6S. The monoisotopic (exact) mass is 519 g/mol. The molecule has 1 heterocycles. The van der Waals surface area contributed by atoms with E-state index in [0.29, 0.717) is 21.7 Å². The zero-order chi connectivity index (χ0) is 26.4. The van der Waals surface area contributed by atoms with E-state index in [1.165, 1.54) is 17.6 Å². The van der Waals surface area contributed by atoms with Crippen LogP contribution in [0.2, 0.25) is 0 Å². The lowest BCUT2D eigenvalue weighted by Gasteiger charge is -2.08. The Morgan fingerprint density at radius 3 is 2.62 bits per heavy atom. The number of fused-ring (bicyclic) bond motifs is 1. The first-order chi connectivity index (χ1) is 17.9. The molecule has 2 N–H and O–H groups in total. The number of hydrazone groups is 1. The van der Waals surface area contributed by atoms with Crippen molar-refractivity contribution in [1.29, 1.82) is 0 Å². The molecule has 0 atom stereocenters. The van der Waals surface area contributed by atoms with Gasteiger partial charge in [-0.05, 0) is 62.9 Å². The lowest BCUT2D eigenvalue weighted by atomic mass is 10.1. The number of esters is 2. The van der Waals surface area contributed by atoms with E-state index in [1.54, 1.807) is 49.4 Å². The van der Waals surface area contributed by atoms with Crippen LogP contribution in [-0.4, -0.2) is 36.6 Å². The summed E-state index contributed by atoms with van der Waals surface area (Å²) >= 11 is 1.28. The van der Waals surface area contributed by atoms with Crippen LogP contribution in [0.3, 0.4) is 0 Å². The molecule has 190 valence electrons. The van der Waals surface area contributed by atoms with Crippen LogP contribution >= 0.6 is 11.3 Å². The fraction of sp³-hybridized carbons (Fsp3) is 0.222. The fourth-order valence-corrected chi connectivity index (χ4v) is 5.17. The predicted octanol–water partition coefficient (Wildman–Crippen LogP) is 4.03. The zero-order valence-electron chi connectivity index (χ0n) is 20.3. The number of para-hydroxylation sites is 1. The SMILES string of the molecule is CCOC(=O)c1c(NC(=O)C(=O)N/N=C/c2ccccc2OC(=O)c2cccc(C)c2)sc2c1CCC2. The number of rotatable bonds is 7. The van der Waals surface area contributed by atoms with Gasteiger partial charge < -0.3 is 14.8 Å². The van der Waals surface area contributed by atoms with E-state index >= 15 is 0 Å². The van der Waals surface area contributed by atoms with Gasteiger partial charge in [-0.1, -0.05) is 29.8 Å². The Kier molecular flexibility index (Phi) is 8.09. The van der Waals surface area contributed by atoms with E-state index in [9.17, 15) is 19.2 Å². The predicted molar refractivity (Wildman–Crippen MR) is 139 cm³/mol. The molecule has 0 aliphatic heterocycles. The molecule has 1 aliphatic carbocycles. The van der Waals surface area contributed by atoms with Gasteiger partial charge in [-0.2, -0.15) is 5.10 Å². The Morgan fingerprint density at radius 2 is 1.84 bits per heavy atom. The number of hydrogen-bond acceptors (Lipinski definition) is 8. The molecule has 0 unspecified atom stereocenters. The van der Waals surface area contributed by atoms with E-state index in [-0.39, 0.29) is 12.4 Å². The van der Waals surface area contributed by atoms with E-state index in [4.69, 9.17) is 9.47 Å². The van der Waals surface area contributed by atoms with Gasteiger partial charge in [0.15, 0.2) is 0 Å². The van der Waals surface area contributed by atoms with Crippen LogP contribution in [0.15, 0.2) is 53.6 Å². The molecule has 0 bridgehead atoms. The van der Waals surface area contributed by atoms with Crippen molar-refractivity contribution in [3.63, 3.8) is 0 Å². The number of thiophene rings is 1. The average Bonchev–Trinajstić information content (AvgIpc) is 3.46. The molecule has 0 saturated carbocycles. The quantitative estimate of drug-likeness (QED) is 0.160. The zero-order valence-corrected chi connectivity index (χ0v) is 21.1.